The molecule has 0 atom stereocenters. The second kappa shape index (κ2) is 6.25. The van der Waals surface area contributed by atoms with Gasteiger partial charge in [0.2, 0.25) is 5.95 Å². The van der Waals surface area contributed by atoms with E-state index in [1.165, 1.54) is 25.1 Å². The molecule has 1 aromatic heterocycles. The molecule has 0 bridgehead atoms. The van der Waals surface area contributed by atoms with Gasteiger partial charge in [-0.2, -0.15) is 4.39 Å². The third-order valence-electron chi connectivity index (χ3n) is 3.53. The van der Waals surface area contributed by atoms with Gasteiger partial charge < -0.3 is 11.1 Å². The van der Waals surface area contributed by atoms with Crippen LogP contribution in [0.5, 0.6) is 0 Å². The number of halogens is 2. The zero-order valence-electron chi connectivity index (χ0n) is 11.9. The highest BCUT2D eigenvalue weighted by molar-refractivity contribution is 6.35. The van der Waals surface area contributed by atoms with Gasteiger partial charge >= 0.3 is 0 Å². The summed E-state index contributed by atoms with van der Waals surface area (Å²) >= 11 is 6.27. The van der Waals surface area contributed by atoms with E-state index in [2.05, 4.69) is 22.1 Å². The predicted octanol–water partition coefficient (Wildman–Crippen LogP) is 3.68. The van der Waals surface area contributed by atoms with Gasteiger partial charge in [-0.05, 0) is 37.0 Å². The first-order valence-electron chi connectivity index (χ1n) is 7.09. The number of pyridine rings is 1. The van der Waals surface area contributed by atoms with E-state index in [4.69, 9.17) is 17.3 Å². The van der Waals surface area contributed by atoms with E-state index < -0.39 is 5.95 Å². The average molecular weight is 316 g/mol. The van der Waals surface area contributed by atoms with Crippen LogP contribution in [0.2, 0.25) is 5.02 Å². The van der Waals surface area contributed by atoms with Crippen LogP contribution in [0.25, 0.3) is 0 Å². The van der Waals surface area contributed by atoms with Crippen molar-refractivity contribution in [1.29, 1.82) is 0 Å². The highest BCUT2D eigenvalue weighted by Crippen LogP contribution is 2.33. The number of nitrogens with two attached hydrogens (primary N) is 1. The molecular weight excluding hydrogens is 301 g/mol. The molecule has 3 nitrogen and oxygen atoms in total. The van der Waals surface area contributed by atoms with Crippen molar-refractivity contribution < 1.29 is 4.39 Å². The largest absolute Gasteiger partial charge is 0.396 e. The number of aromatic nitrogens is 1. The lowest BCUT2D eigenvalue weighted by molar-refractivity contribution is 0.583. The summed E-state index contributed by atoms with van der Waals surface area (Å²) in [5, 5.41) is 3.73. The first-order valence-corrected chi connectivity index (χ1v) is 7.46. The van der Waals surface area contributed by atoms with Gasteiger partial charge in [-0.15, -0.1) is 0 Å². The van der Waals surface area contributed by atoms with Crippen LogP contribution in [0.1, 0.15) is 24.0 Å². The molecule has 0 radical (unpaired) electrons. The highest BCUT2D eigenvalue weighted by atomic mass is 35.5. The van der Waals surface area contributed by atoms with E-state index in [1.807, 2.05) is 12.1 Å². The first-order chi connectivity index (χ1) is 10.6. The SMILES string of the molecule is Nc1c(NCC2CC2)ccc(C#Cc2ccnc(F)c2)c1Cl. The molecule has 112 valence electrons. The van der Waals surface area contributed by atoms with Crippen molar-refractivity contribution in [2.24, 2.45) is 5.92 Å². The highest BCUT2D eigenvalue weighted by Gasteiger charge is 2.21. The van der Waals surface area contributed by atoms with Crippen LogP contribution >= 0.6 is 11.6 Å². The van der Waals surface area contributed by atoms with Crippen molar-refractivity contribution in [2.75, 3.05) is 17.6 Å². The summed E-state index contributed by atoms with van der Waals surface area (Å²) in [6.45, 7) is 0.918. The molecule has 5 heteroatoms. The number of hydrogen-bond donors (Lipinski definition) is 2. The molecular formula is C17H15ClFN3. The Morgan fingerprint density at radius 1 is 1.32 bits per heavy atom. The molecule has 22 heavy (non-hydrogen) atoms. The van der Waals surface area contributed by atoms with Crippen LogP contribution in [0.3, 0.4) is 0 Å². The second-order valence-corrected chi connectivity index (χ2v) is 5.71. The van der Waals surface area contributed by atoms with Gasteiger partial charge in [0.25, 0.3) is 0 Å². The van der Waals surface area contributed by atoms with E-state index >= 15 is 0 Å². The number of nitrogens with zero attached hydrogens (tertiary/aromatic N) is 1. The fourth-order valence-electron chi connectivity index (χ4n) is 2.04. The first kappa shape index (κ1) is 14.7. The normalized spacial score (nSPS) is 13.4. The van der Waals surface area contributed by atoms with Gasteiger partial charge in [-0.1, -0.05) is 23.4 Å². The van der Waals surface area contributed by atoms with Crippen molar-refractivity contribution >= 4 is 23.0 Å². The molecule has 3 rings (SSSR count). The van der Waals surface area contributed by atoms with E-state index in [9.17, 15) is 4.39 Å². The molecule has 3 N–H and O–H groups in total. The third-order valence-corrected chi connectivity index (χ3v) is 3.93. The molecule has 0 spiro atoms. The van der Waals surface area contributed by atoms with Gasteiger partial charge in [0.1, 0.15) is 0 Å². The standard InChI is InChI=1S/C17H15ClFN3/c18-16-13(4-3-11-7-8-21-15(19)9-11)5-6-14(17(16)20)22-10-12-1-2-12/h5-9,12,22H,1-2,10,20H2. The van der Waals surface area contributed by atoms with Crippen LogP contribution in [0.4, 0.5) is 15.8 Å². The monoisotopic (exact) mass is 315 g/mol. The summed E-state index contributed by atoms with van der Waals surface area (Å²) in [4.78, 5) is 3.49. The molecule has 1 fully saturated rings. The van der Waals surface area contributed by atoms with Gasteiger partial charge in [-0.25, -0.2) is 4.98 Å². The fraction of sp³-hybridized carbons (Fsp3) is 0.235. The van der Waals surface area contributed by atoms with E-state index in [1.54, 1.807) is 6.07 Å². The minimum atomic E-state index is -0.558. The summed E-state index contributed by atoms with van der Waals surface area (Å²) in [6, 6.07) is 6.61. The Bertz CT molecular complexity index is 760. The smallest absolute Gasteiger partial charge is 0.214 e. The summed E-state index contributed by atoms with van der Waals surface area (Å²) in [6.07, 6.45) is 3.92. The summed E-state index contributed by atoms with van der Waals surface area (Å²) in [5.74, 6) is 5.97. The Labute approximate surface area is 133 Å². The maximum atomic E-state index is 13.0. The minimum absolute atomic E-state index is 0.419. The predicted molar refractivity (Wildman–Crippen MR) is 87.3 cm³/mol. The van der Waals surface area contributed by atoms with Crippen LogP contribution in [-0.2, 0) is 0 Å². The Kier molecular flexibility index (Phi) is 4.17. The zero-order chi connectivity index (χ0) is 15.5. The molecule has 1 heterocycles. The number of rotatable bonds is 3. The molecule has 1 aromatic carbocycles. The molecule has 0 saturated heterocycles. The number of anilines is 2. The van der Waals surface area contributed by atoms with Crippen molar-refractivity contribution in [2.45, 2.75) is 12.8 Å². The fourth-order valence-corrected chi connectivity index (χ4v) is 2.25. The number of nitrogens with one attached hydrogen (secondary N) is 1. The average Bonchev–Trinajstić information content (AvgIpc) is 3.32. The lowest BCUT2D eigenvalue weighted by atomic mass is 10.1. The van der Waals surface area contributed by atoms with Crippen molar-refractivity contribution in [3.8, 4) is 11.8 Å². The Balaban J connectivity index is 1.81. The maximum Gasteiger partial charge on any atom is 0.214 e. The van der Waals surface area contributed by atoms with Crippen molar-refractivity contribution in [1.82, 2.24) is 4.98 Å². The summed E-state index contributed by atoms with van der Waals surface area (Å²) in [5.41, 5.74) is 8.54. The number of benzene rings is 1. The van der Waals surface area contributed by atoms with E-state index in [0.717, 1.165) is 18.2 Å². The Morgan fingerprint density at radius 2 is 2.14 bits per heavy atom. The lowest BCUT2D eigenvalue weighted by Gasteiger charge is -2.11. The van der Waals surface area contributed by atoms with Crippen LogP contribution in [-0.4, -0.2) is 11.5 Å². The van der Waals surface area contributed by atoms with E-state index in [0.29, 0.717) is 21.8 Å². The lowest BCUT2D eigenvalue weighted by Crippen LogP contribution is -2.06. The summed E-state index contributed by atoms with van der Waals surface area (Å²) in [7, 11) is 0. The molecule has 1 saturated carbocycles. The van der Waals surface area contributed by atoms with Gasteiger partial charge in [0, 0.05) is 29.9 Å². The van der Waals surface area contributed by atoms with Crippen molar-refractivity contribution in [3.05, 3.63) is 52.6 Å². The summed E-state index contributed by atoms with van der Waals surface area (Å²) < 4.78 is 13.0. The Morgan fingerprint density at radius 3 is 2.86 bits per heavy atom. The third kappa shape index (κ3) is 3.49. The molecule has 0 unspecified atom stereocenters. The van der Waals surface area contributed by atoms with E-state index in [-0.39, 0.29) is 0 Å². The van der Waals surface area contributed by atoms with Crippen LogP contribution in [0, 0.1) is 23.7 Å². The topological polar surface area (TPSA) is 50.9 Å². The van der Waals surface area contributed by atoms with Gasteiger partial charge in [0.05, 0.1) is 16.4 Å². The molecule has 2 aromatic rings. The number of hydrogen-bond acceptors (Lipinski definition) is 3. The van der Waals surface area contributed by atoms with Crippen LogP contribution in [0.15, 0.2) is 30.5 Å². The number of nitrogen functional groups attached to an aromatic ring is 1. The van der Waals surface area contributed by atoms with Gasteiger partial charge in [0.15, 0.2) is 0 Å². The van der Waals surface area contributed by atoms with Crippen molar-refractivity contribution in [3.63, 3.8) is 0 Å². The Hall–Kier alpha value is -2.25. The molecule has 0 amide bonds. The molecule has 1 aliphatic rings. The molecule has 1 aliphatic carbocycles. The van der Waals surface area contributed by atoms with Crippen LogP contribution < -0.4 is 11.1 Å². The zero-order valence-corrected chi connectivity index (χ0v) is 12.6. The second-order valence-electron chi connectivity index (χ2n) is 5.33. The maximum absolute atomic E-state index is 13.0. The quantitative estimate of drug-likeness (QED) is 0.516. The minimum Gasteiger partial charge on any atom is -0.396 e. The van der Waals surface area contributed by atoms with Gasteiger partial charge in [-0.3, -0.25) is 0 Å². The molecule has 0 aliphatic heterocycles.